The molecule has 0 radical (unpaired) electrons. The zero-order valence-electron chi connectivity index (χ0n) is 4.83. The third-order valence-corrected chi connectivity index (χ3v) is 0.918. The minimum Gasteiger partial charge on any atom is -0.359 e. The van der Waals surface area contributed by atoms with Gasteiger partial charge in [0, 0.05) is 7.11 Å². The first-order valence-corrected chi connectivity index (χ1v) is 2.74. The second kappa shape index (κ2) is 5.15. The molecule has 0 saturated carbocycles. The molecule has 0 aliphatic carbocycles. The van der Waals surface area contributed by atoms with E-state index >= 15 is 0 Å². The molecule has 0 fully saturated rings. The van der Waals surface area contributed by atoms with Crippen molar-refractivity contribution in [3.63, 3.8) is 0 Å². The van der Waals surface area contributed by atoms with Crippen molar-refractivity contribution in [1.29, 1.82) is 0 Å². The highest BCUT2D eigenvalue weighted by molar-refractivity contribution is 7.80. The number of ether oxygens (including phenoxy) is 2. The van der Waals surface area contributed by atoms with Crippen molar-refractivity contribution in [2.45, 2.75) is 5.44 Å². The van der Waals surface area contributed by atoms with Crippen LogP contribution in [0, 0.1) is 0 Å². The first kappa shape index (κ1) is 8.01. The minimum atomic E-state index is -0.213. The lowest BCUT2D eigenvalue weighted by atomic mass is 10.7. The van der Waals surface area contributed by atoms with E-state index in [4.69, 9.17) is 4.74 Å². The van der Waals surface area contributed by atoms with Gasteiger partial charge in [-0.15, -0.1) is 12.6 Å². The van der Waals surface area contributed by atoms with Crippen molar-refractivity contribution in [3.8, 4) is 0 Å². The molecular formula is C5H10O2S. The first-order chi connectivity index (χ1) is 3.81. The van der Waals surface area contributed by atoms with Crippen LogP contribution in [0.5, 0.6) is 0 Å². The predicted octanol–water partition coefficient (Wildman–Crippen LogP) is 1.05. The highest BCUT2D eigenvalue weighted by atomic mass is 32.1. The van der Waals surface area contributed by atoms with Gasteiger partial charge >= 0.3 is 0 Å². The summed E-state index contributed by atoms with van der Waals surface area (Å²) in [5.41, 5.74) is -0.213. The molecule has 0 aliphatic rings. The van der Waals surface area contributed by atoms with Gasteiger partial charge in [0.05, 0.1) is 0 Å². The fraction of sp³-hybridized carbons (Fsp3) is 0.600. The third kappa shape index (κ3) is 4.18. The van der Waals surface area contributed by atoms with Crippen LogP contribution in [-0.4, -0.2) is 19.3 Å². The zero-order chi connectivity index (χ0) is 6.41. The molecule has 0 aliphatic heterocycles. The Kier molecular flexibility index (Phi) is 5.16. The summed E-state index contributed by atoms with van der Waals surface area (Å²) in [6.07, 6.45) is 1.59. The zero-order valence-corrected chi connectivity index (χ0v) is 5.73. The predicted molar refractivity (Wildman–Crippen MR) is 35.9 cm³/mol. The molecule has 0 spiro atoms. The lowest BCUT2D eigenvalue weighted by Gasteiger charge is -2.03. The molecule has 8 heavy (non-hydrogen) atoms. The number of hydrogen-bond acceptors (Lipinski definition) is 3. The van der Waals surface area contributed by atoms with E-state index in [2.05, 4.69) is 23.9 Å². The number of rotatable bonds is 4. The van der Waals surface area contributed by atoms with E-state index in [1.54, 1.807) is 13.2 Å². The van der Waals surface area contributed by atoms with Gasteiger partial charge in [-0.2, -0.15) is 0 Å². The number of methoxy groups -OCH3 is 1. The maximum absolute atomic E-state index is 4.86. The van der Waals surface area contributed by atoms with Gasteiger partial charge < -0.3 is 9.47 Å². The minimum absolute atomic E-state index is 0.213. The van der Waals surface area contributed by atoms with Crippen LogP contribution >= 0.6 is 12.6 Å². The Labute approximate surface area is 54.9 Å². The van der Waals surface area contributed by atoms with E-state index < -0.39 is 0 Å². The summed E-state index contributed by atoms with van der Waals surface area (Å²) < 4.78 is 9.46. The molecule has 0 rings (SSSR count). The molecule has 0 aromatic heterocycles. The standard InChI is InChI=1S/C5H10O2S/c1-3-5(8)7-4-6-2/h3,5,8H,1,4H2,2H3. The Balaban J connectivity index is 2.98. The summed E-state index contributed by atoms with van der Waals surface area (Å²) in [5, 5.41) is 0. The second-order valence-electron chi connectivity index (χ2n) is 1.20. The SMILES string of the molecule is C=CC(S)OCOC. The molecule has 0 amide bonds. The van der Waals surface area contributed by atoms with Crippen molar-refractivity contribution < 1.29 is 9.47 Å². The first-order valence-electron chi connectivity index (χ1n) is 2.22. The van der Waals surface area contributed by atoms with Crippen molar-refractivity contribution in [3.05, 3.63) is 12.7 Å². The third-order valence-electron chi connectivity index (χ3n) is 0.558. The normalized spacial score (nSPS) is 13.2. The van der Waals surface area contributed by atoms with E-state index in [0.717, 1.165) is 0 Å². The Morgan fingerprint density at radius 2 is 2.50 bits per heavy atom. The van der Waals surface area contributed by atoms with Crippen molar-refractivity contribution in [2.24, 2.45) is 0 Å². The Bertz CT molecular complexity index is 65.4. The van der Waals surface area contributed by atoms with Gasteiger partial charge in [-0.25, -0.2) is 0 Å². The van der Waals surface area contributed by atoms with Crippen LogP contribution in [0.4, 0.5) is 0 Å². The van der Waals surface area contributed by atoms with Crippen LogP contribution < -0.4 is 0 Å². The molecule has 3 heteroatoms. The molecular weight excluding hydrogens is 124 g/mol. The number of thiol groups is 1. The average Bonchev–Trinajstić information content (AvgIpc) is 1.83. The van der Waals surface area contributed by atoms with Gasteiger partial charge in [0.15, 0.2) is 0 Å². The van der Waals surface area contributed by atoms with E-state index in [9.17, 15) is 0 Å². The van der Waals surface area contributed by atoms with Crippen LogP contribution in [-0.2, 0) is 9.47 Å². The smallest absolute Gasteiger partial charge is 0.148 e. The van der Waals surface area contributed by atoms with Gasteiger partial charge in [0.1, 0.15) is 12.2 Å². The molecule has 0 N–H and O–H groups in total. The summed E-state index contributed by atoms with van der Waals surface area (Å²) in [7, 11) is 1.56. The lowest BCUT2D eigenvalue weighted by molar-refractivity contribution is -0.0285. The van der Waals surface area contributed by atoms with E-state index in [0.29, 0.717) is 0 Å². The van der Waals surface area contributed by atoms with E-state index in [1.807, 2.05) is 0 Å². The monoisotopic (exact) mass is 134 g/mol. The second-order valence-corrected chi connectivity index (χ2v) is 1.71. The van der Waals surface area contributed by atoms with Gasteiger partial charge in [-0.3, -0.25) is 0 Å². The van der Waals surface area contributed by atoms with Crippen LogP contribution in [0.3, 0.4) is 0 Å². The van der Waals surface area contributed by atoms with Gasteiger partial charge in [0.2, 0.25) is 0 Å². The number of hydrogen-bond donors (Lipinski definition) is 1. The molecule has 0 aromatic rings. The van der Waals surface area contributed by atoms with Crippen LogP contribution in [0.2, 0.25) is 0 Å². The summed E-state index contributed by atoms with van der Waals surface area (Å²) >= 11 is 3.94. The Morgan fingerprint density at radius 1 is 1.88 bits per heavy atom. The summed E-state index contributed by atoms with van der Waals surface area (Å²) in [6.45, 7) is 3.72. The molecule has 0 saturated heterocycles. The van der Waals surface area contributed by atoms with Crippen LogP contribution in [0.25, 0.3) is 0 Å². The molecule has 0 aromatic carbocycles. The molecule has 1 atom stereocenters. The summed E-state index contributed by atoms with van der Waals surface area (Å²) in [6, 6.07) is 0. The highest BCUT2D eigenvalue weighted by Gasteiger charge is 1.91. The van der Waals surface area contributed by atoms with Crippen molar-refractivity contribution in [2.75, 3.05) is 13.9 Å². The van der Waals surface area contributed by atoms with Crippen LogP contribution in [0.1, 0.15) is 0 Å². The summed E-state index contributed by atoms with van der Waals surface area (Å²) in [4.78, 5) is 0. The van der Waals surface area contributed by atoms with E-state index in [-0.39, 0.29) is 12.2 Å². The molecule has 1 unspecified atom stereocenters. The lowest BCUT2D eigenvalue weighted by Crippen LogP contribution is -2.03. The highest BCUT2D eigenvalue weighted by Crippen LogP contribution is 1.96. The van der Waals surface area contributed by atoms with Crippen molar-refractivity contribution >= 4 is 12.6 Å². The van der Waals surface area contributed by atoms with Crippen molar-refractivity contribution in [1.82, 2.24) is 0 Å². The molecule has 0 bridgehead atoms. The van der Waals surface area contributed by atoms with Gasteiger partial charge in [0.25, 0.3) is 0 Å². The fourth-order valence-electron chi connectivity index (χ4n) is 0.206. The maximum Gasteiger partial charge on any atom is 0.148 e. The maximum atomic E-state index is 4.86. The van der Waals surface area contributed by atoms with E-state index in [1.165, 1.54) is 0 Å². The fourth-order valence-corrected chi connectivity index (χ4v) is 0.267. The Morgan fingerprint density at radius 3 is 2.88 bits per heavy atom. The summed E-state index contributed by atoms with van der Waals surface area (Å²) in [5.74, 6) is 0. The topological polar surface area (TPSA) is 18.5 Å². The quantitative estimate of drug-likeness (QED) is 0.352. The molecule has 2 nitrogen and oxygen atoms in total. The largest absolute Gasteiger partial charge is 0.359 e. The molecule has 0 heterocycles. The van der Waals surface area contributed by atoms with Gasteiger partial charge in [-0.1, -0.05) is 12.7 Å². The van der Waals surface area contributed by atoms with Crippen LogP contribution in [0.15, 0.2) is 12.7 Å². The average molecular weight is 134 g/mol. The molecule has 48 valence electrons. The Hall–Kier alpha value is 0.01000. The van der Waals surface area contributed by atoms with Gasteiger partial charge in [-0.05, 0) is 0 Å².